The highest BCUT2D eigenvalue weighted by Crippen LogP contribution is 2.20. The van der Waals surface area contributed by atoms with Crippen molar-refractivity contribution in [3.8, 4) is 0 Å². The van der Waals surface area contributed by atoms with Gasteiger partial charge in [-0.05, 0) is 25.0 Å². The Kier molecular flexibility index (Phi) is 4.09. The third kappa shape index (κ3) is 3.03. The fraction of sp³-hybridized carbons (Fsp3) is 0.538. The summed E-state index contributed by atoms with van der Waals surface area (Å²) in [6.07, 6.45) is 4.11. The van der Waals surface area contributed by atoms with Crippen LogP contribution in [0.3, 0.4) is 0 Å². The average molecular weight is 234 g/mol. The summed E-state index contributed by atoms with van der Waals surface area (Å²) in [5.41, 5.74) is 0.822. The SMILES string of the molecule is CO[C@H](CC(=O)N1CCCC1)c1ccccn1. The molecule has 0 aliphatic carbocycles. The Morgan fingerprint density at radius 3 is 2.82 bits per heavy atom. The van der Waals surface area contributed by atoms with Crippen LogP contribution in [0.15, 0.2) is 24.4 Å². The van der Waals surface area contributed by atoms with Crippen molar-refractivity contribution in [1.82, 2.24) is 9.88 Å². The highest BCUT2D eigenvalue weighted by molar-refractivity contribution is 5.77. The van der Waals surface area contributed by atoms with E-state index in [0.717, 1.165) is 31.6 Å². The molecule has 1 fully saturated rings. The van der Waals surface area contributed by atoms with Crippen LogP contribution >= 0.6 is 0 Å². The molecule has 0 unspecified atom stereocenters. The van der Waals surface area contributed by atoms with Crippen LogP contribution < -0.4 is 0 Å². The molecule has 2 heterocycles. The molecule has 1 atom stereocenters. The fourth-order valence-electron chi connectivity index (χ4n) is 2.13. The first kappa shape index (κ1) is 12.0. The minimum atomic E-state index is -0.232. The van der Waals surface area contributed by atoms with Gasteiger partial charge >= 0.3 is 0 Å². The number of rotatable bonds is 4. The van der Waals surface area contributed by atoms with Gasteiger partial charge in [0.2, 0.25) is 5.91 Å². The van der Waals surface area contributed by atoms with Gasteiger partial charge in [-0.2, -0.15) is 0 Å². The first-order valence-corrected chi connectivity index (χ1v) is 6.03. The maximum atomic E-state index is 12.0. The smallest absolute Gasteiger partial charge is 0.225 e. The summed E-state index contributed by atoms with van der Waals surface area (Å²) in [5, 5.41) is 0. The molecule has 1 aromatic rings. The second-order valence-corrected chi connectivity index (χ2v) is 4.27. The number of nitrogens with zero attached hydrogens (tertiary/aromatic N) is 2. The zero-order chi connectivity index (χ0) is 12.1. The lowest BCUT2D eigenvalue weighted by atomic mass is 10.1. The van der Waals surface area contributed by atoms with Crippen LogP contribution in [-0.4, -0.2) is 36.0 Å². The van der Waals surface area contributed by atoms with E-state index >= 15 is 0 Å². The van der Waals surface area contributed by atoms with Gasteiger partial charge in [-0.3, -0.25) is 9.78 Å². The Bertz CT molecular complexity index is 361. The highest BCUT2D eigenvalue weighted by Gasteiger charge is 2.23. The molecule has 1 amide bonds. The summed E-state index contributed by atoms with van der Waals surface area (Å²) in [6, 6.07) is 5.67. The van der Waals surface area contributed by atoms with Gasteiger partial charge in [-0.25, -0.2) is 0 Å². The minimum Gasteiger partial charge on any atom is -0.375 e. The number of ether oxygens (including phenoxy) is 1. The summed E-state index contributed by atoms with van der Waals surface area (Å²) >= 11 is 0. The van der Waals surface area contributed by atoms with Crippen LogP contribution in [0.2, 0.25) is 0 Å². The number of hydrogen-bond donors (Lipinski definition) is 0. The largest absolute Gasteiger partial charge is 0.375 e. The Balaban J connectivity index is 1.97. The van der Waals surface area contributed by atoms with Crippen molar-refractivity contribution in [1.29, 1.82) is 0 Å². The second-order valence-electron chi connectivity index (χ2n) is 4.27. The lowest BCUT2D eigenvalue weighted by molar-refractivity contribution is -0.132. The number of methoxy groups -OCH3 is 1. The molecule has 4 heteroatoms. The average Bonchev–Trinajstić information content (AvgIpc) is 2.90. The van der Waals surface area contributed by atoms with Gasteiger partial charge in [0, 0.05) is 26.4 Å². The quantitative estimate of drug-likeness (QED) is 0.797. The topological polar surface area (TPSA) is 42.4 Å². The van der Waals surface area contributed by atoms with Crippen molar-refractivity contribution in [3.05, 3.63) is 30.1 Å². The van der Waals surface area contributed by atoms with E-state index in [1.165, 1.54) is 0 Å². The summed E-state index contributed by atoms with van der Waals surface area (Å²) < 4.78 is 5.36. The van der Waals surface area contributed by atoms with Crippen LogP contribution in [-0.2, 0) is 9.53 Å². The van der Waals surface area contributed by atoms with Crippen molar-refractivity contribution in [2.45, 2.75) is 25.4 Å². The maximum absolute atomic E-state index is 12.0. The Morgan fingerprint density at radius 1 is 1.47 bits per heavy atom. The van der Waals surface area contributed by atoms with E-state index in [1.807, 2.05) is 23.1 Å². The number of aromatic nitrogens is 1. The van der Waals surface area contributed by atoms with Crippen LogP contribution in [0, 0.1) is 0 Å². The van der Waals surface area contributed by atoms with E-state index in [4.69, 9.17) is 4.74 Å². The molecule has 0 spiro atoms. The van der Waals surface area contributed by atoms with Gasteiger partial charge in [0.1, 0.15) is 6.10 Å². The number of amides is 1. The Hall–Kier alpha value is -1.42. The van der Waals surface area contributed by atoms with E-state index in [-0.39, 0.29) is 12.0 Å². The van der Waals surface area contributed by atoms with Gasteiger partial charge in [0.15, 0.2) is 0 Å². The molecule has 0 radical (unpaired) electrons. The molecule has 1 aliphatic heterocycles. The van der Waals surface area contributed by atoms with Crippen molar-refractivity contribution in [2.24, 2.45) is 0 Å². The maximum Gasteiger partial charge on any atom is 0.225 e. The van der Waals surface area contributed by atoms with Gasteiger partial charge in [-0.1, -0.05) is 6.07 Å². The standard InChI is InChI=1S/C13H18N2O2/c1-17-12(11-6-2-3-7-14-11)10-13(16)15-8-4-5-9-15/h2-3,6-7,12H,4-5,8-10H2,1H3/t12-/m1/s1. The van der Waals surface area contributed by atoms with Crippen LogP contribution in [0.25, 0.3) is 0 Å². The molecule has 1 aromatic heterocycles. The monoisotopic (exact) mass is 234 g/mol. The number of carbonyl (C=O) groups is 1. The first-order valence-electron chi connectivity index (χ1n) is 6.03. The molecular weight excluding hydrogens is 216 g/mol. The van der Waals surface area contributed by atoms with Crippen molar-refractivity contribution < 1.29 is 9.53 Å². The third-order valence-corrected chi connectivity index (χ3v) is 3.12. The molecule has 0 bridgehead atoms. The molecule has 1 aliphatic rings. The Labute approximate surface area is 102 Å². The number of pyridine rings is 1. The summed E-state index contributed by atoms with van der Waals surface area (Å²) in [5.74, 6) is 0.167. The van der Waals surface area contributed by atoms with Gasteiger partial charge in [0.25, 0.3) is 0 Å². The highest BCUT2D eigenvalue weighted by atomic mass is 16.5. The summed E-state index contributed by atoms with van der Waals surface area (Å²) in [7, 11) is 1.62. The van der Waals surface area contributed by atoms with Gasteiger partial charge < -0.3 is 9.64 Å². The molecule has 17 heavy (non-hydrogen) atoms. The number of hydrogen-bond acceptors (Lipinski definition) is 3. The van der Waals surface area contributed by atoms with Crippen LogP contribution in [0.1, 0.15) is 31.1 Å². The Morgan fingerprint density at radius 2 is 2.24 bits per heavy atom. The van der Waals surface area contributed by atoms with Gasteiger partial charge in [-0.15, -0.1) is 0 Å². The predicted molar refractivity (Wildman–Crippen MR) is 64.4 cm³/mol. The van der Waals surface area contributed by atoms with Crippen LogP contribution in [0.4, 0.5) is 0 Å². The van der Waals surface area contributed by atoms with E-state index in [2.05, 4.69) is 4.98 Å². The van der Waals surface area contributed by atoms with Crippen molar-refractivity contribution in [3.63, 3.8) is 0 Å². The molecule has 0 saturated carbocycles. The van der Waals surface area contributed by atoms with Crippen molar-refractivity contribution in [2.75, 3.05) is 20.2 Å². The lowest BCUT2D eigenvalue weighted by Gasteiger charge is -2.19. The van der Waals surface area contributed by atoms with E-state index in [1.54, 1.807) is 13.3 Å². The van der Waals surface area contributed by atoms with E-state index in [0.29, 0.717) is 6.42 Å². The third-order valence-electron chi connectivity index (χ3n) is 3.12. The molecule has 1 saturated heterocycles. The molecular formula is C13H18N2O2. The molecule has 92 valence electrons. The zero-order valence-corrected chi connectivity index (χ0v) is 10.1. The first-order chi connectivity index (χ1) is 8.31. The molecule has 4 nitrogen and oxygen atoms in total. The second kappa shape index (κ2) is 5.77. The summed E-state index contributed by atoms with van der Waals surface area (Å²) in [4.78, 5) is 18.2. The fourth-order valence-corrected chi connectivity index (χ4v) is 2.13. The zero-order valence-electron chi connectivity index (χ0n) is 10.1. The molecule has 0 aromatic carbocycles. The van der Waals surface area contributed by atoms with Crippen molar-refractivity contribution >= 4 is 5.91 Å². The number of likely N-dealkylation sites (tertiary alicyclic amines) is 1. The van der Waals surface area contributed by atoms with E-state index in [9.17, 15) is 4.79 Å². The molecule has 0 N–H and O–H groups in total. The minimum absolute atomic E-state index is 0.167. The van der Waals surface area contributed by atoms with E-state index < -0.39 is 0 Å². The number of carbonyl (C=O) groups excluding carboxylic acids is 1. The van der Waals surface area contributed by atoms with Gasteiger partial charge in [0.05, 0.1) is 12.1 Å². The molecule has 2 rings (SSSR count). The van der Waals surface area contributed by atoms with Crippen LogP contribution in [0.5, 0.6) is 0 Å². The summed E-state index contributed by atoms with van der Waals surface area (Å²) in [6.45, 7) is 1.77. The lowest BCUT2D eigenvalue weighted by Crippen LogP contribution is -2.29. The normalized spacial score (nSPS) is 17.1. The predicted octanol–water partition coefficient (Wildman–Crippen LogP) is 1.78.